The maximum Gasteiger partial charge on any atom is 0.216 e. The van der Waals surface area contributed by atoms with Gasteiger partial charge in [0.15, 0.2) is 0 Å². The first-order valence-electron chi connectivity index (χ1n) is 4.18. The van der Waals surface area contributed by atoms with E-state index in [0.29, 0.717) is 6.54 Å². The zero-order chi connectivity index (χ0) is 9.68. The molecule has 70 valence electrons. The first kappa shape index (κ1) is 10.3. The van der Waals surface area contributed by atoms with Gasteiger partial charge in [0.1, 0.15) is 0 Å². The molecule has 0 unspecified atom stereocenters. The molecule has 0 saturated heterocycles. The minimum Gasteiger partial charge on any atom is -0.356 e. The molecule has 0 atom stereocenters. The SMILES string of the molecule is CC(=O)NCCc1ccccc1Br. The fourth-order valence-electron chi connectivity index (χ4n) is 1.07. The number of carbonyl (C=O) groups excluding carboxylic acids is 1. The van der Waals surface area contributed by atoms with Gasteiger partial charge in [-0.2, -0.15) is 0 Å². The van der Waals surface area contributed by atoms with Crippen LogP contribution in [0.4, 0.5) is 0 Å². The van der Waals surface area contributed by atoms with Crippen LogP contribution in [-0.2, 0) is 11.2 Å². The van der Waals surface area contributed by atoms with Gasteiger partial charge in [0.25, 0.3) is 0 Å². The number of carbonyl (C=O) groups is 1. The van der Waals surface area contributed by atoms with Crippen LogP contribution in [0.2, 0.25) is 0 Å². The third kappa shape index (κ3) is 3.59. The van der Waals surface area contributed by atoms with Crippen LogP contribution in [0, 0.1) is 0 Å². The van der Waals surface area contributed by atoms with Gasteiger partial charge in [-0.15, -0.1) is 0 Å². The molecule has 0 saturated carbocycles. The lowest BCUT2D eigenvalue weighted by molar-refractivity contribution is -0.118. The highest BCUT2D eigenvalue weighted by molar-refractivity contribution is 9.10. The average molecular weight is 242 g/mol. The van der Waals surface area contributed by atoms with Gasteiger partial charge in [-0.25, -0.2) is 0 Å². The van der Waals surface area contributed by atoms with Crippen molar-refractivity contribution in [3.05, 3.63) is 34.3 Å². The van der Waals surface area contributed by atoms with Crippen LogP contribution in [0.3, 0.4) is 0 Å². The molecule has 1 aromatic carbocycles. The molecule has 13 heavy (non-hydrogen) atoms. The summed E-state index contributed by atoms with van der Waals surface area (Å²) in [6.07, 6.45) is 0.862. The van der Waals surface area contributed by atoms with Gasteiger partial charge in [0, 0.05) is 17.9 Å². The molecule has 0 aliphatic heterocycles. The van der Waals surface area contributed by atoms with E-state index in [-0.39, 0.29) is 5.91 Å². The molecule has 1 N–H and O–H groups in total. The van der Waals surface area contributed by atoms with Crippen molar-refractivity contribution in [3.63, 3.8) is 0 Å². The summed E-state index contributed by atoms with van der Waals surface area (Å²) < 4.78 is 1.10. The summed E-state index contributed by atoms with van der Waals surface area (Å²) in [5, 5.41) is 2.76. The zero-order valence-electron chi connectivity index (χ0n) is 7.51. The lowest BCUT2D eigenvalue weighted by Crippen LogP contribution is -2.22. The Morgan fingerprint density at radius 3 is 2.77 bits per heavy atom. The Bertz CT molecular complexity index is 299. The van der Waals surface area contributed by atoms with Crippen molar-refractivity contribution in [3.8, 4) is 0 Å². The van der Waals surface area contributed by atoms with Crippen LogP contribution < -0.4 is 5.32 Å². The number of amides is 1. The van der Waals surface area contributed by atoms with Crippen LogP contribution >= 0.6 is 15.9 Å². The van der Waals surface area contributed by atoms with E-state index < -0.39 is 0 Å². The highest BCUT2D eigenvalue weighted by Crippen LogP contribution is 2.15. The number of hydrogen-bond donors (Lipinski definition) is 1. The van der Waals surface area contributed by atoms with Gasteiger partial charge in [-0.1, -0.05) is 34.1 Å². The monoisotopic (exact) mass is 241 g/mol. The fraction of sp³-hybridized carbons (Fsp3) is 0.300. The Hall–Kier alpha value is -0.830. The molecule has 0 fully saturated rings. The average Bonchev–Trinajstić information content (AvgIpc) is 2.08. The molecular formula is C10H12BrNO. The molecular weight excluding hydrogens is 230 g/mol. The first-order chi connectivity index (χ1) is 6.20. The van der Waals surface area contributed by atoms with Gasteiger partial charge >= 0.3 is 0 Å². The van der Waals surface area contributed by atoms with E-state index in [1.807, 2.05) is 24.3 Å². The predicted molar refractivity (Wildman–Crippen MR) is 56.5 cm³/mol. The lowest BCUT2D eigenvalue weighted by Gasteiger charge is -2.04. The summed E-state index contributed by atoms with van der Waals surface area (Å²) in [7, 11) is 0. The van der Waals surface area contributed by atoms with Gasteiger partial charge in [-0.3, -0.25) is 4.79 Å². The zero-order valence-corrected chi connectivity index (χ0v) is 9.10. The number of halogens is 1. The first-order valence-corrected chi connectivity index (χ1v) is 4.97. The van der Waals surface area contributed by atoms with Crippen molar-refractivity contribution in [2.45, 2.75) is 13.3 Å². The van der Waals surface area contributed by atoms with Gasteiger partial charge in [0.2, 0.25) is 5.91 Å². The van der Waals surface area contributed by atoms with Crippen molar-refractivity contribution in [2.24, 2.45) is 0 Å². The van der Waals surface area contributed by atoms with Crippen LogP contribution in [-0.4, -0.2) is 12.5 Å². The smallest absolute Gasteiger partial charge is 0.216 e. The molecule has 0 bridgehead atoms. The van der Waals surface area contributed by atoms with E-state index in [1.54, 1.807) is 0 Å². The van der Waals surface area contributed by atoms with Crippen molar-refractivity contribution >= 4 is 21.8 Å². The summed E-state index contributed by atoms with van der Waals surface area (Å²) in [5.41, 5.74) is 1.22. The van der Waals surface area contributed by atoms with Gasteiger partial charge in [0.05, 0.1) is 0 Å². The number of rotatable bonds is 3. The summed E-state index contributed by atoms with van der Waals surface area (Å²) in [6.45, 7) is 2.22. The number of hydrogen-bond acceptors (Lipinski definition) is 1. The second-order valence-electron chi connectivity index (χ2n) is 2.82. The van der Waals surface area contributed by atoms with Crippen LogP contribution in [0.5, 0.6) is 0 Å². The Morgan fingerprint density at radius 2 is 2.15 bits per heavy atom. The Balaban J connectivity index is 2.45. The van der Waals surface area contributed by atoms with Gasteiger partial charge < -0.3 is 5.32 Å². The highest BCUT2D eigenvalue weighted by Gasteiger charge is 1.97. The minimum atomic E-state index is 0.0204. The standard InChI is InChI=1S/C10H12BrNO/c1-8(13)12-7-6-9-4-2-3-5-10(9)11/h2-5H,6-7H2,1H3,(H,12,13). The van der Waals surface area contributed by atoms with Crippen LogP contribution in [0.15, 0.2) is 28.7 Å². The second-order valence-corrected chi connectivity index (χ2v) is 3.68. The van der Waals surface area contributed by atoms with Crippen molar-refractivity contribution < 1.29 is 4.79 Å². The number of benzene rings is 1. The normalized spacial score (nSPS) is 9.69. The molecule has 1 rings (SSSR count). The molecule has 0 aromatic heterocycles. The molecule has 0 aliphatic rings. The minimum absolute atomic E-state index is 0.0204. The molecule has 0 aliphatic carbocycles. The highest BCUT2D eigenvalue weighted by atomic mass is 79.9. The van der Waals surface area contributed by atoms with Gasteiger partial charge in [-0.05, 0) is 18.1 Å². The third-order valence-corrected chi connectivity index (χ3v) is 2.50. The molecule has 3 heteroatoms. The summed E-state index contributed by atoms with van der Waals surface area (Å²) in [6, 6.07) is 8.02. The topological polar surface area (TPSA) is 29.1 Å². The lowest BCUT2D eigenvalue weighted by atomic mass is 10.1. The van der Waals surface area contributed by atoms with Crippen molar-refractivity contribution in [2.75, 3.05) is 6.54 Å². The largest absolute Gasteiger partial charge is 0.356 e. The maximum atomic E-state index is 10.6. The maximum absolute atomic E-state index is 10.6. The van der Waals surface area contributed by atoms with E-state index >= 15 is 0 Å². The Labute approximate surface area is 86.5 Å². The summed E-state index contributed by atoms with van der Waals surface area (Å²) in [5.74, 6) is 0.0204. The number of nitrogens with one attached hydrogen (secondary N) is 1. The predicted octanol–water partition coefficient (Wildman–Crippen LogP) is 2.13. The quantitative estimate of drug-likeness (QED) is 0.864. The fourth-order valence-corrected chi connectivity index (χ4v) is 1.56. The molecule has 0 heterocycles. The van der Waals surface area contributed by atoms with E-state index in [9.17, 15) is 4.79 Å². The molecule has 1 aromatic rings. The summed E-state index contributed by atoms with van der Waals surface area (Å²) in [4.78, 5) is 10.6. The molecule has 0 spiro atoms. The molecule has 2 nitrogen and oxygen atoms in total. The Kier molecular flexibility index (Phi) is 3.96. The second kappa shape index (κ2) is 5.02. The molecule has 0 radical (unpaired) electrons. The third-order valence-electron chi connectivity index (χ3n) is 1.73. The molecule has 1 amide bonds. The van der Waals surface area contributed by atoms with Crippen LogP contribution in [0.1, 0.15) is 12.5 Å². The van der Waals surface area contributed by atoms with E-state index in [4.69, 9.17) is 0 Å². The van der Waals surface area contributed by atoms with Crippen molar-refractivity contribution in [1.29, 1.82) is 0 Å². The van der Waals surface area contributed by atoms with E-state index in [1.165, 1.54) is 12.5 Å². The Morgan fingerprint density at radius 1 is 1.46 bits per heavy atom. The summed E-state index contributed by atoms with van der Waals surface area (Å²) >= 11 is 3.45. The van der Waals surface area contributed by atoms with Crippen LogP contribution in [0.25, 0.3) is 0 Å². The van der Waals surface area contributed by atoms with E-state index in [0.717, 1.165) is 10.9 Å². The van der Waals surface area contributed by atoms with Crippen molar-refractivity contribution in [1.82, 2.24) is 5.32 Å². The van der Waals surface area contributed by atoms with E-state index in [2.05, 4.69) is 21.2 Å².